The molecule has 1 atom stereocenters. The monoisotopic (exact) mass is 277 g/mol. The fourth-order valence-corrected chi connectivity index (χ4v) is 2.53. The van der Waals surface area contributed by atoms with Gasteiger partial charge in [-0.1, -0.05) is 0 Å². The number of nitrogen functional groups attached to an aromatic ring is 1. The standard InChI is InChI=1S/C15H23N3O2/c1-11(18-7-3-4-8-18)10-17-15(19)12-5-6-14(20-2)13(16)9-12/h5-6,9,11H,3-4,7-8,10,16H2,1-2H3,(H,17,19). The minimum Gasteiger partial charge on any atom is -0.495 e. The lowest BCUT2D eigenvalue weighted by molar-refractivity contribution is 0.0940. The van der Waals surface area contributed by atoms with E-state index in [1.165, 1.54) is 12.8 Å². The van der Waals surface area contributed by atoms with Gasteiger partial charge in [0.1, 0.15) is 5.75 Å². The number of hydrogen-bond donors (Lipinski definition) is 2. The number of amides is 1. The molecule has 1 amide bonds. The van der Waals surface area contributed by atoms with E-state index in [9.17, 15) is 4.79 Å². The van der Waals surface area contributed by atoms with Crippen LogP contribution in [0.1, 0.15) is 30.1 Å². The lowest BCUT2D eigenvalue weighted by atomic mass is 10.1. The number of hydrogen-bond acceptors (Lipinski definition) is 4. The highest BCUT2D eigenvalue weighted by atomic mass is 16.5. The van der Waals surface area contributed by atoms with Gasteiger partial charge in [0.25, 0.3) is 5.91 Å². The second-order valence-electron chi connectivity index (χ2n) is 5.26. The Kier molecular flexibility index (Phi) is 4.84. The fraction of sp³-hybridized carbons (Fsp3) is 0.533. The lowest BCUT2D eigenvalue weighted by Gasteiger charge is -2.23. The number of nitrogens with two attached hydrogens (primary N) is 1. The predicted molar refractivity (Wildman–Crippen MR) is 80.0 cm³/mol. The first-order valence-corrected chi connectivity index (χ1v) is 7.07. The second kappa shape index (κ2) is 6.61. The molecule has 1 saturated heterocycles. The first-order valence-electron chi connectivity index (χ1n) is 7.07. The third kappa shape index (κ3) is 3.42. The van der Waals surface area contributed by atoms with Crippen LogP contribution < -0.4 is 15.8 Å². The molecule has 0 saturated carbocycles. The Morgan fingerprint density at radius 2 is 2.15 bits per heavy atom. The first-order chi connectivity index (χ1) is 9.61. The normalized spacial score (nSPS) is 16.9. The molecule has 5 nitrogen and oxygen atoms in total. The number of carbonyl (C=O) groups is 1. The van der Waals surface area contributed by atoms with Gasteiger partial charge >= 0.3 is 0 Å². The fourth-order valence-electron chi connectivity index (χ4n) is 2.53. The highest BCUT2D eigenvalue weighted by molar-refractivity contribution is 5.95. The van der Waals surface area contributed by atoms with Crippen LogP contribution in [-0.4, -0.2) is 43.6 Å². The molecular formula is C15H23N3O2. The average molecular weight is 277 g/mol. The van der Waals surface area contributed by atoms with Crippen LogP contribution in [0.3, 0.4) is 0 Å². The van der Waals surface area contributed by atoms with Crippen LogP contribution >= 0.6 is 0 Å². The van der Waals surface area contributed by atoms with Gasteiger partial charge in [-0.15, -0.1) is 0 Å². The quantitative estimate of drug-likeness (QED) is 0.800. The van der Waals surface area contributed by atoms with E-state index in [-0.39, 0.29) is 5.91 Å². The van der Waals surface area contributed by atoms with Crippen molar-refractivity contribution in [3.05, 3.63) is 23.8 Å². The summed E-state index contributed by atoms with van der Waals surface area (Å²) in [6, 6.07) is 5.46. The van der Waals surface area contributed by atoms with Crippen molar-refractivity contribution in [2.45, 2.75) is 25.8 Å². The van der Waals surface area contributed by atoms with Crippen molar-refractivity contribution in [3.63, 3.8) is 0 Å². The summed E-state index contributed by atoms with van der Waals surface area (Å²) in [6.07, 6.45) is 2.51. The minimum absolute atomic E-state index is 0.0922. The second-order valence-corrected chi connectivity index (χ2v) is 5.26. The Morgan fingerprint density at radius 1 is 1.45 bits per heavy atom. The van der Waals surface area contributed by atoms with Crippen LogP contribution in [0.15, 0.2) is 18.2 Å². The van der Waals surface area contributed by atoms with Crippen LogP contribution in [0.2, 0.25) is 0 Å². The third-order valence-corrected chi connectivity index (χ3v) is 3.81. The molecule has 1 aromatic rings. The van der Waals surface area contributed by atoms with Gasteiger partial charge in [-0.05, 0) is 51.1 Å². The zero-order chi connectivity index (χ0) is 14.5. The van der Waals surface area contributed by atoms with E-state index >= 15 is 0 Å². The number of carbonyl (C=O) groups excluding carboxylic acids is 1. The molecule has 110 valence electrons. The van der Waals surface area contributed by atoms with Crippen LogP contribution in [0.25, 0.3) is 0 Å². The maximum atomic E-state index is 12.1. The molecule has 0 radical (unpaired) electrons. The molecule has 1 aromatic carbocycles. The summed E-state index contributed by atoms with van der Waals surface area (Å²) in [5, 5.41) is 2.96. The molecule has 0 aliphatic carbocycles. The third-order valence-electron chi connectivity index (χ3n) is 3.81. The van der Waals surface area contributed by atoms with E-state index in [0.29, 0.717) is 29.6 Å². The largest absolute Gasteiger partial charge is 0.495 e. The summed E-state index contributed by atoms with van der Waals surface area (Å²) >= 11 is 0. The Hall–Kier alpha value is -1.75. The van der Waals surface area contributed by atoms with Gasteiger partial charge in [-0.25, -0.2) is 0 Å². The van der Waals surface area contributed by atoms with Gasteiger partial charge in [-0.2, -0.15) is 0 Å². The number of nitrogens with zero attached hydrogens (tertiary/aromatic N) is 1. The number of nitrogens with one attached hydrogen (secondary N) is 1. The van der Waals surface area contributed by atoms with E-state index in [1.54, 1.807) is 25.3 Å². The Labute approximate surface area is 120 Å². The summed E-state index contributed by atoms with van der Waals surface area (Å²) in [4.78, 5) is 14.5. The van der Waals surface area contributed by atoms with Gasteiger partial charge < -0.3 is 15.8 Å². The summed E-state index contributed by atoms with van der Waals surface area (Å²) in [5.74, 6) is 0.498. The van der Waals surface area contributed by atoms with E-state index in [4.69, 9.17) is 10.5 Å². The summed E-state index contributed by atoms with van der Waals surface area (Å²) in [5.41, 5.74) is 6.86. The number of methoxy groups -OCH3 is 1. The van der Waals surface area contributed by atoms with Gasteiger partial charge in [-0.3, -0.25) is 9.69 Å². The molecule has 1 unspecified atom stereocenters. The molecule has 1 aliphatic heterocycles. The molecule has 20 heavy (non-hydrogen) atoms. The van der Waals surface area contributed by atoms with Crippen LogP contribution in [0.5, 0.6) is 5.75 Å². The van der Waals surface area contributed by atoms with Gasteiger partial charge in [0.05, 0.1) is 12.8 Å². The van der Waals surface area contributed by atoms with Gasteiger partial charge in [0.2, 0.25) is 0 Å². The van der Waals surface area contributed by atoms with Crippen LogP contribution in [0.4, 0.5) is 5.69 Å². The molecule has 1 fully saturated rings. The number of ether oxygens (including phenoxy) is 1. The van der Waals surface area contributed by atoms with E-state index < -0.39 is 0 Å². The molecule has 1 aliphatic rings. The molecule has 2 rings (SSSR count). The highest BCUT2D eigenvalue weighted by Gasteiger charge is 2.18. The van der Waals surface area contributed by atoms with Crippen molar-refractivity contribution >= 4 is 11.6 Å². The lowest BCUT2D eigenvalue weighted by Crippen LogP contribution is -2.40. The van der Waals surface area contributed by atoms with E-state index in [2.05, 4.69) is 17.1 Å². The Balaban J connectivity index is 1.89. The summed E-state index contributed by atoms with van der Waals surface area (Å²) in [6.45, 7) is 5.07. The predicted octanol–water partition coefficient (Wildman–Crippen LogP) is 1.49. The minimum atomic E-state index is -0.0922. The summed E-state index contributed by atoms with van der Waals surface area (Å²) in [7, 11) is 1.56. The number of rotatable bonds is 5. The maximum Gasteiger partial charge on any atom is 0.251 e. The molecule has 1 heterocycles. The molecule has 0 aromatic heterocycles. The smallest absolute Gasteiger partial charge is 0.251 e. The van der Waals surface area contributed by atoms with E-state index in [1.807, 2.05) is 0 Å². The van der Waals surface area contributed by atoms with Gasteiger partial charge in [0, 0.05) is 18.2 Å². The van der Waals surface area contributed by atoms with Gasteiger partial charge in [0.15, 0.2) is 0 Å². The topological polar surface area (TPSA) is 67.6 Å². The summed E-state index contributed by atoms with van der Waals surface area (Å²) < 4.78 is 5.08. The maximum absolute atomic E-state index is 12.1. The average Bonchev–Trinajstić information content (AvgIpc) is 2.98. The Bertz CT molecular complexity index is 470. The van der Waals surface area contributed by atoms with Crippen molar-refractivity contribution in [2.75, 3.05) is 32.5 Å². The Morgan fingerprint density at radius 3 is 2.75 bits per heavy atom. The SMILES string of the molecule is COc1ccc(C(=O)NCC(C)N2CCCC2)cc1N. The van der Waals surface area contributed by atoms with Crippen molar-refractivity contribution < 1.29 is 9.53 Å². The highest BCUT2D eigenvalue weighted by Crippen LogP contribution is 2.21. The molecule has 5 heteroatoms. The van der Waals surface area contributed by atoms with Crippen molar-refractivity contribution in [1.29, 1.82) is 0 Å². The first kappa shape index (κ1) is 14.7. The number of likely N-dealkylation sites (tertiary alicyclic amines) is 1. The molecule has 0 bridgehead atoms. The van der Waals surface area contributed by atoms with Crippen molar-refractivity contribution in [1.82, 2.24) is 10.2 Å². The zero-order valence-electron chi connectivity index (χ0n) is 12.2. The van der Waals surface area contributed by atoms with Crippen LogP contribution in [0, 0.1) is 0 Å². The van der Waals surface area contributed by atoms with Crippen molar-refractivity contribution in [3.8, 4) is 5.75 Å². The number of benzene rings is 1. The van der Waals surface area contributed by atoms with Crippen LogP contribution in [-0.2, 0) is 0 Å². The number of anilines is 1. The molecule has 0 spiro atoms. The van der Waals surface area contributed by atoms with Crippen molar-refractivity contribution in [2.24, 2.45) is 0 Å². The van der Waals surface area contributed by atoms with E-state index in [0.717, 1.165) is 13.1 Å². The molecular weight excluding hydrogens is 254 g/mol. The zero-order valence-corrected chi connectivity index (χ0v) is 12.2. The molecule has 3 N–H and O–H groups in total.